The summed E-state index contributed by atoms with van der Waals surface area (Å²) in [5.41, 5.74) is 0. The first-order chi connectivity index (χ1) is 13.3. The SMILES string of the molecule is CCCCCC/C=C/C(CCCP(c1ccccc1)c1ccccc1)OC. The minimum absolute atomic E-state index is 0.250. The second-order valence-electron chi connectivity index (χ2n) is 7.02. The molecule has 0 aromatic heterocycles. The molecule has 2 aromatic carbocycles. The number of hydrogen-bond acceptors (Lipinski definition) is 1. The molecule has 0 amide bonds. The van der Waals surface area contributed by atoms with Crippen molar-refractivity contribution in [2.45, 2.75) is 58.0 Å². The molecule has 0 spiro atoms. The van der Waals surface area contributed by atoms with Crippen LogP contribution >= 0.6 is 7.92 Å². The van der Waals surface area contributed by atoms with Crippen LogP contribution in [0.3, 0.4) is 0 Å². The number of allylic oxidation sites excluding steroid dienone is 1. The third-order valence-corrected chi connectivity index (χ3v) is 7.49. The Morgan fingerprint density at radius 2 is 1.48 bits per heavy atom. The van der Waals surface area contributed by atoms with Crippen molar-refractivity contribution in [3.05, 3.63) is 72.8 Å². The summed E-state index contributed by atoms with van der Waals surface area (Å²) in [6, 6.07) is 22.0. The zero-order valence-corrected chi connectivity index (χ0v) is 17.9. The molecule has 1 unspecified atom stereocenters. The van der Waals surface area contributed by atoms with Crippen molar-refractivity contribution in [2.24, 2.45) is 0 Å². The first-order valence-corrected chi connectivity index (χ1v) is 11.9. The fourth-order valence-electron chi connectivity index (χ4n) is 3.30. The van der Waals surface area contributed by atoms with Gasteiger partial charge in [-0.15, -0.1) is 0 Å². The Morgan fingerprint density at radius 1 is 0.852 bits per heavy atom. The van der Waals surface area contributed by atoms with Crippen LogP contribution in [0.25, 0.3) is 0 Å². The summed E-state index contributed by atoms with van der Waals surface area (Å²) >= 11 is 0. The van der Waals surface area contributed by atoms with Gasteiger partial charge < -0.3 is 4.74 Å². The Kier molecular flexibility index (Phi) is 11.1. The standard InChI is InChI=1S/C25H35OP/c1-3-4-5-6-7-10-16-23(26-2)17-15-22-27(24-18-11-8-12-19-24)25-20-13-9-14-21-25/h8-14,16,18-21,23H,3-7,15,17,22H2,1-2H3/b16-10+. The van der Waals surface area contributed by atoms with Gasteiger partial charge in [-0.25, -0.2) is 0 Å². The minimum atomic E-state index is -0.289. The highest BCUT2D eigenvalue weighted by molar-refractivity contribution is 7.73. The fourth-order valence-corrected chi connectivity index (χ4v) is 5.68. The van der Waals surface area contributed by atoms with Crippen molar-refractivity contribution < 1.29 is 4.74 Å². The summed E-state index contributed by atoms with van der Waals surface area (Å²) in [6.45, 7) is 2.26. The maximum atomic E-state index is 5.69. The van der Waals surface area contributed by atoms with Crippen LogP contribution in [-0.2, 0) is 4.74 Å². The third kappa shape index (κ3) is 8.41. The Hall–Kier alpha value is -1.43. The second kappa shape index (κ2) is 13.7. The third-order valence-electron chi connectivity index (χ3n) is 4.88. The summed E-state index contributed by atoms with van der Waals surface area (Å²) in [5, 5.41) is 2.94. The van der Waals surface area contributed by atoms with Gasteiger partial charge in [-0.2, -0.15) is 0 Å². The van der Waals surface area contributed by atoms with Crippen molar-refractivity contribution in [2.75, 3.05) is 13.3 Å². The van der Waals surface area contributed by atoms with E-state index in [0.29, 0.717) is 0 Å². The van der Waals surface area contributed by atoms with Crippen molar-refractivity contribution in [1.82, 2.24) is 0 Å². The van der Waals surface area contributed by atoms with E-state index < -0.39 is 0 Å². The van der Waals surface area contributed by atoms with Gasteiger partial charge >= 0.3 is 0 Å². The molecule has 2 heteroatoms. The second-order valence-corrected chi connectivity index (χ2v) is 9.35. The van der Waals surface area contributed by atoms with Crippen LogP contribution in [0.15, 0.2) is 72.8 Å². The van der Waals surface area contributed by atoms with Gasteiger partial charge in [0.05, 0.1) is 6.10 Å². The number of unbranched alkanes of at least 4 members (excludes halogenated alkanes) is 4. The first kappa shape index (κ1) is 21.9. The van der Waals surface area contributed by atoms with Crippen LogP contribution in [0.2, 0.25) is 0 Å². The number of methoxy groups -OCH3 is 1. The lowest BCUT2D eigenvalue weighted by Gasteiger charge is -2.20. The maximum Gasteiger partial charge on any atom is 0.0752 e. The molecule has 0 aliphatic carbocycles. The zero-order chi connectivity index (χ0) is 19.2. The van der Waals surface area contributed by atoms with Gasteiger partial charge in [-0.05, 0) is 50.4 Å². The molecule has 0 fully saturated rings. The van der Waals surface area contributed by atoms with E-state index in [-0.39, 0.29) is 14.0 Å². The summed E-state index contributed by atoms with van der Waals surface area (Å²) in [4.78, 5) is 0. The molecule has 0 saturated heterocycles. The van der Waals surface area contributed by atoms with Gasteiger partial charge in [0, 0.05) is 7.11 Å². The molecule has 1 nitrogen and oxygen atoms in total. The van der Waals surface area contributed by atoms with E-state index in [1.807, 2.05) is 7.11 Å². The van der Waals surface area contributed by atoms with Gasteiger partial charge in [0.2, 0.25) is 0 Å². The van der Waals surface area contributed by atoms with Crippen LogP contribution in [0.5, 0.6) is 0 Å². The molecule has 0 N–H and O–H groups in total. The van der Waals surface area contributed by atoms with Gasteiger partial charge in [0.1, 0.15) is 0 Å². The van der Waals surface area contributed by atoms with Gasteiger partial charge in [0.15, 0.2) is 0 Å². The quantitative estimate of drug-likeness (QED) is 0.220. The molecule has 0 saturated carbocycles. The van der Waals surface area contributed by atoms with Gasteiger partial charge in [-0.3, -0.25) is 0 Å². The predicted octanol–water partition coefficient (Wildman–Crippen LogP) is 6.44. The van der Waals surface area contributed by atoms with Crippen LogP contribution in [0.4, 0.5) is 0 Å². The number of hydrogen-bond donors (Lipinski definition) is 0. The van der Waals surface area contributed by atoms with Crippen LogP contribution in [0, 0.1) is 0 Å². The molecule has 0 radical (unpaired) electrons. The van der Waals surface area contributed by atoms with Crippen molar-refractivity contribution in [3.8, 4) is 0 Å². The number of rotatable bonds is 13. The van der Waals surface area contributed by atoms with Crippen LogP contribution < -0.4 is 10.6 Å². The van der Waals surface area contributed by atoms with Crippen LogP contribution in [0.1, 0.15) is 51.9 Å². The fraction of sp³-hybridized carbons (Fsp3) is 0.440. The van der Waals surface area contributed by atoms with E-state index in [1.165, 1.54) is 55.3 Å². The summed E-state index contributed by atoms with van der Waals surface area (Å²) in [5.74, 6) is 0. The van der Waals surface area contributed by atoms with E-state index in [2.05, 4.69) is 79.7 Å². The Bertz CT molecular complexity index is 584. The van der Waals surface area contributed by atoms with Crippen LogP contribution in [-0.4, -0.2) is 19.4 Å². The number of ether oxygens (including phenoxy) is 1. The topological polar surface area (TPSA) is 9.23 Å². The van der Waals surface area contributed by atoms with E-state index in [0.717, 1.165) is 6.42 Å². The highest BCUT2D eigenvalue weighted by Gasteiger charge is 2.14. The van der Waals surface area contributed by atoms with Gasteiger partial charge in [-0.1, -0.05) is 99.0 Å². The highest BCUT2D eigenvalue weighted by Crippen LogP contribution is 2.34. The van der Waals surface area contributed by atoms with Crippen molar-refractivity contribution in [1.29, 1.82) is 0 Å². The monoisotopic (exact) mass is 382 g/mol. The van der Waals surface area contributed by atoms with E-state index in [9.17, 15) is 0 Å². The number of benzene rings is 2. The molecular weight excluding hydrogens is 347 g/mol. The molecule has 2 rings (SSSR count). The largest absolute Gasteiger partial charge is 0.377 e. The molecule has 2 aromatic rings. The van der Waals surface area contributed by atoms with E-state index in [1.54, 1.807) is 0 Å². The molecule has 0 aliphatic heterocycles. The molecule has 0 aliphatic rings. The Morgan fingerprint density at radius 3 is 2.04 bits per heavy atom. The highest BCUT2D eigenvalue weighted by atomic mass is 31.1. The lowest BCUT2D eigenvalue weighted by Crippen LogP contribution is -2.15. The summed E-state index contributed by atoms with van der Waals surface area (Å²) < 4.78 is 5.69. The lowest BCUT2D eigenvalue weighted by atomic mass is 10.1. The van der Waals surface area contributed by atoms with E-state index in [4.69, 9.17) is 4.74 Å². The van der Waals surface area contributed by atoms with Crippen molar-refractivity contribution >= 4 is 18.5 Å². The summed E-state index contributed by atoms with van der Waals surface area (Å²) in [7, 11) is 1.55. The average Bonchev–Trinajstić information content (AvgIpc) is 2.73. The molecule has 0 heterocycles. The maximum absolute atomic E-state index is 5.69. The Labute approximate surface area is 167 Å². The molecule has 27 heavy (non-hydrogen) atoms. The predicted molar refractivity (Wildman–Crippen MR) is 122 cm³/mol. The normalized spacial score (nSPS) is 12.7. The molecule has 0 bridgehead atoms. The average molecular weight is 383 g/mol. The molecule has 146 valence electrons. The van der Waals surface area contributed by atoms with Crippen molar-refractivity contribution in [3.63, 3.8) is 0 Å². The minimum Gasteiger partial charge on any atom is -0.377 e. The molecule has 1 atom stereocenters. The van der Waals surface area contributed by atoms with Gasteiger partial charge in [0.25, 0.3) is 0 Å². The van der Waals surface area contributed by atoms with E-state index >= 15 is 0 Å². The molecular formula is C25H35OP. The lowest BCUT2D eigenvalue weighted by molar-refractivity contribution is 0.133. The first-order valence-electron chi connectivity index (χ1n) is 10.4. The Balaban J connectivity index is 1.86. The zero-order valence-electron chi connectivity index (χ0n) is 17.0. The smallest absolute Gasteiger partial charge is 0.0752 e. The summed E-state index contributed by atoms with van der Waals surface area (Å²) in [6.07, 6.45) is 14.8.